The van der Waals surface area contributed by atoms with Crippen LogP contribution in [0.5, 0.6) is 5.75 Å². The highest BCUT2D eigenvalue weighted by molar-refractivity contribution is 5.79. The van der Waals surface area contributed by atoms with Gasteiger partial charge in [-0.2, -0.15) is 0 Å². The van der Waals surface area contributed by atoms with Crippen molar-refractivity contribution in [2.24, 2.45) is 5.92 Å². The Labute approximate surface area is 299 Å². The van der Waals surface area contributed by atoms with Gasteiger partial charge >= 0.3 is 0 Å². The van der Waals surface area contributed by atoms with E-state index in [1.54, 1.807) is 12.4 Å². The summed E-state index contributed by atoms with van der Waals surface area (Å²) in [4.78, 5) is 27.2. The first kappa shape index (κ1) is 35.3. The van der Waals surface area contributed by atoms with Gasteiger partial charge in [-0.15, -0.1) is 22.5 Å². The van der Waals surface area contributed by atoms with Crippen LogP contribution in [0.2, 0.25) is 0 Å². The predicted molar refractivity (Wildman–Crippen MR) is 191 cm³/mol. The number of nitrogens with zero attached hydrogens (tertiary/aromatic N) is 7. The molecule has 1 amide bonds. The number of alkyl halides is 2. The zero-order valence-corrected chi connectivity index (χ0v) is 29.6. The van der Waals surface area contributed by atoms with E-state index in [1.807, 2.05) is 18.2 Å². The molecule has 10 nitrogen and oxygen atoms in total. The van der Waals surface area contributed by atoms with Gasteiger partial charge in [0, 0.05) is 62.9 Å². The summed E-state index contributed by atoms with van der Waals surface area (Å²) in [7, 11) is 0. The van der Waals surface area contributed by atoms with Gasteiger partial charge in [-0.1, -0.05) is 30.3 Å². The van der Waals surface area contributed by atoms with Crippen LogP contribution < -0.4 is 15.0 Å². The van der Waals surface area contributed by atoms with Gasteiger partial charge in [0.1, 0.15) is 11.6 Å². The number of benzene rings is 1. The van der Waals surface area contributed by atoms with Crippen molar-refractivity contribution in [1.29, 1.82) is 0 Å². The second-order valence-corrected chi connectivity index (χ2v) is 14.9. The molecule has 4 aliphatic rings. The smallest absolute Gasteiger partial charge is 0.248 e. The Hall–Kier alpha value is -4.11. The summed E-state index contributed by atoms with van der Waals surface area (Å²) in [5.74, 6) is 3.22. The number of hydrogen-bond donors (Lipinski definition) is 1. The maximum absolute atomic E-state index is 13.8. The zero-order chi connectivity index (χ0) is 35.4. The van der Waals surface area contributed by atoms with E-state index >= 15 is 0 Å². The first-order valence-electron chi connectivity index (χ1n) is 18.8. The zero-order valence-electron chi connectivity index (χ0n) is 29.6. The standard InChI is InChI=1S/C39H50F2N8O2/c1-3-4-5-9-20-51-34-23-42-38(43-24-34)47-25-30(26-47)36-46-45-27(2)49(36)33-21-31-12-13-32(22-33)48(31)19-16-35(28-10-7-6-8-11-28)44-37(50)29-14-17-39(40,41)18-15-29/h1,6-8,10-11,23-24,29-33,35H,4-5,9,12-22,25-26H2,2H3,(H,44,50)/t31?,32?,33?,35-/m0/s1. The number of amides is 1. The molecule has 51 heavy (non-hydrogen) atoms. The van der Waals surface area contributed by atoms with E-state index < -0.39 is 5.92 Å². The molecule has 12 heteroatoms. The van der Waals surface area contributed by atoms with Crippen molar-refractivity contribution in [3.63, 3.8) is 0 Å². The molecule has 1 aromatic carbocycles. The SMILES string of the molecule is C#CCCCCOc1cnc(N2CC(c3nnc(C)n3C3CC4CCC(C3)N4CC[C@H](NC(=O)C3CCC(F)(F)CC3)c3ccccc3)C2)nc1. The Balaban J connectivity index is 0.937. The lowest BCUT2D eigenvalue weighted by Gasteiger charge is -2.42. The van der Waals surface area contributed by atoms with Crippen molar-refractivity contribution in [2.75, 3.05) is 31.1 Å². The largest absolute Gasteiger partial charge is 0.490 e. The van der Waals surface area contributed by atoms with Gasteiger partial charge in [0.2, 0.25) is 17.8 Å². The third-order valence-electron chi connectivity index (χ3n) is 11.5. The molecule has 3 atom stereocenters. The maximum atomic E-state index is 13.8. The molecular formula is C39H50F2N8O2. The van der Waals surface area contributed by atoms with Crippen LogP contribution in [-0.4, -0.2) is 79.8 Å². The topological polar surface area (TPSA) is 101 Å². The quantitative estimate of drug-likeness (QED) is 0.152. The number of ether oxygens (including phenoxy) is 1. The number of nitrogens with one attached hydrogen (secondary N) is 1. The molecule has 3 aliphatic heterocycles. The molecule has 0 radical (unpaired) electrons. The number of aromatic nitrogens is 5. The number of fused-ring (bicyclic) bond motifs is 2. The Morgan fingerprint density at radius 2 is 1.73 bits per heavy atom. The van der Waals surface area contributed by atoms with E-state index in [1.165, 1.54) is 0 Å². The summed E-state index contributed by atoms with van der Waals surface area (Å²) in [5.41, 5.74) is 1.07. The number of carbonyl (C=O) groups is 1. The van der Waals surface area contributed by atoms with E-state index in [2.05, 4.69) is 64.8 Å². The molecule has 2 bridgehead atoms. The number of piperidine rings is 1. The number of unbranched alkanes of at least 4 members (excludes halogenated alkanes) is 2. The van der Waals surface area contributed by atoms with E-state index in [-0.39, 0.29) is 49.5 Å². The fourth-order valence-corrected chi connectivity index (χ4v) is 8.69. The second-order valence-electron chi connectivity index (χ2n) is 14.9. The fraction of sp³-hybridized carbons (Fsp3) is 0.615. The first-order chi connectivity index (χ1) is 24.8. The summed E-state index contributed by atoms with van der Waals surface area (Å²) in [6, 6.07) is 11.2. The Bertz CT molecular complexity index is 1630. The summed E-state index contributed by atoms with van der Waals surface area (Å²) in [6.45, 7) is 5.14. The van der Waals surface area contributed by atoms with Crippen LogP contribution in [0, 0.1) is 25.2 Å². The first-order valence-corrected chi connectivity index (χ1v) is 18.8. The molecule has 3 saturated heterocycles. The molecular weight excluding hydrogens is 650 g/mol. The molecule has 272 valence electrons. The van der Waals surface area contributed by atoms with Gasteiger partial charge in [0.25, 0.3) is 0 Å². The molecule has 1 N–H and O–H groups in total. The molecule has 3 aromatic rings. The Morgan fingerprint density at radius 1 is 1.02 bits per heavy atom. The lowest BCUT2D eigenvalue weighted by molar-refractivity contribution is -0.130. The fourth-order valence-electron chi connectivity index (χ4n) is 8.69. The second kappa shape index (κ2) is 15.6. The van der Waals surface area contributed by atoms with Gasteiger partial charge in [-0.3, -0.25) is 9.69 Å². The molecule has 2 aromatic heterocycles. The number of anilines is 1. The highest BCUT2D eigenvalue weighted by Gasteiger charge is 2.44. The number of carbonyl (C=O) groups excluding carboxylic acids is 1. The van der Waals surface area contributed by atoms with Gasteiger partial charge < -0.3 is 19.5 Å². The third-order valence-corrected chi connectivity index (χ3v) is 11.5. The van der Waals surface area contributed by atoms with Gasteiger partial charge in [-0.25, -0.2) is 18.7 Å². The number of halogens is 2. The molecule has 5 heterocycles. The van der Waals surface area contributed by atoms with Crippen molar-refractivity contribution in [1.82, 2.24) is 34.9 Å². The van der Waals surface area contributed by atoms with Crippen molar-refractivity contribution in [2.45, 2.75) is 120 Å². The van der Waals surface area contributed by atoms with Crippen LogP contribution in [-0.2, 0) is 4.79 Å². The minimum atomic E-state index is -2.65. The van der Waals surface area contributed by atoms with Crippen LogP contribution in [0.1, 0.15) is 112 Å². The monoisotopic (exact) mass is 700 g/mol. The molecule has 1 saturated carbocycles. The Morgan fingerprint density at radius 3 is 2.41 bits per heavy atom. The summed E-state index contributed by atoms with van der Waals surface area (Å²) < 4.78 is 35.7. The summed E-state index contributed by atoms with van der Waals surface area (Å²) >= 11 is 0. The number of terminal acetylenes is 1. The highest BCUT2D eigenvalue weighted by Crippen LogP contribution is 2.43. The average molecular weight is 701 g/mol. The van der Waals surface area contributed by atoms with Crippen LogP contribution in [0.3, 0.4) is 0 Å². The van der Waals surface area contributed by atoms with Crippen LogP contribution in [0.25, 0.3) is 0 Å². The molecule has 0 spiro atoms. The molecule has 4 fully saturated rings. The third kappa shape index (κ3) is 8.19. The number of hydrogen-bond acceptors (Lipinski definition) is 8. The minimum Gasteiger partial charge on any atom is -0.490 e. The van der Waals surface area contributed by atoms with E-state index in [0.717, 1.165) is 88.2 Å². The highest BCUT2D eigenvalue weighted by atomic mass is 19.3. The number of rotatable bonds is 14. The van der Waals surface area contributed by atoms with Gasteiger partial charge in [0.05, 0.1) is 31.0 Å². The van der Waals surface area contributed by atoms with Crippen molar-refractivity contribution in [3.8, 4) is 18.1 Å². The predicted octanol–water partition coefficient (Wildman–Crippen LogP) is 6.40. The summed E-state index contributed by atoms with van der Waals surface area (Å²) in [5, 5.41) is 12.5. The normalized spacial score (nSPS) is 24.1. The van der Waals surface area contributed by atoms with Gasteiger partial charge in [-0.05, 0) is 70.3 Å². The van der Waals surface area contributed by atoms with Crippen LogP contribution >= 0.6 is 0 Å². The van der Waals surface area contributed by atoms with Crippen LogP contribution in [0.15, 0.2) is 42.7 Å². The average Bonchev–Trinajstić information content (AvgIpc) is 3.60. The number of aryl methyl sites for hydroxylation is 1. The minimum absolute atomic E-state index is 0.0911. The van der Waals surface area contributed by atoms with Crippen LogP contribution in [0.4, 0.5) is 14.7 Å². The Kier molecular flexibility index (Phi) is 10.8. The van der Waals surface area contributed by atoms with E-state index in [9.17, 15) is 13.6 Å². The molecule has 7 rings (SSSR count). The van der Waals surface area contributed by atoms with E-state index in [4.69, 9.17) is 11.2 Å². The maximum Gasteiger partial charge on any atom is 0.248 e. The summed E-state index contributed by atoms with van der Waals surface area (Å²) in [6.07, 6.45) is 16.7. The lowest BCUT2D eigenvalue weighted by Crippen LogP contribution is -2.48. The van der Waals surface area contributed by atoms with E-state index in [0.29, 0.717) is 36.4 Å². The van der Waals surface area contributed by atoms with Crippen molar-refractivity contribution >= 4 is 11.9 Å². The molecule has 1 aliphatic carbocycles. The van der Waals surface area contributed by atoms with Crippen molar-refractivity contribution in [3.05, 3.63) is 59.9 Å². The van der Waals surface area contributed by atoms with Gasteiger partial charge in [0.15, 0.2) is 5.75 Å². The van der Waals surface area contributed by atoms with Crippen molar-refractivity contribution < 1.29 is 18.3 Å². The molecule has 2 unspecified atom stereocenters. The lowest BCUT2D eigenvalue weighted by atomic mass is 9.86.